The van der Waals surface area contributed by atoms with Gasteiger partial charge >= 0.3 is 0 Å². The molecule has 0 heterocycles. The van der Waals surface area contributed by atoms with Crippen LogP contribution in [0.25, 0.3) is 0 Å². The topological polar surface area (TPSA) is 62.1 Å². The van der Waals surface area contributed by atoms with Crippen molar-refractivity contribution in [2.45, 2.75) is 13.0 Å². The monoisotopic (exact) mass is 230 g/mol. The van der Waals surface area contributed by atoms with Crippen LogP contribution in [-0.4, -0.2) is 18.6 Å². The number of anilines is 1. The lowest BCUT2D eigenvalue weighted by atomic mass is 10.2. The first kappa shape index (κ1) is 12.9. The van der Waals surface area contributed by atoms with Crippen molar-refractivity contribution >= 4 is 11.6 Å². The number of rotatable bonds is 5. The Balaban J connectivity index is 2.61. The van der Waals surface area contributed by atoms with Crippen molar-refractivity contribution in [2.24, 2.45) is 0 Å². The molecule has 0 radical (unpaired) electrons. The summed E-state index contributed by atoms with van der Waals surface area (Å²) in [7, 11) is 0. The lowest BCUT2D eigenvalue weighted by Gasteiger charge is -2.12. The Hall–Kier alpha value is -2.12. The van der Waals surface area contributed by atoms with Crippen LogP contribution in [0.3, 0.4) is 0 Å². The summed E-state index contributed by atoms with van der Waals surface area (Å²) >= 11 is 0. The van der Waals surface area contributed by atoms with Crippen molar-refractivity contribution < 1.29 is 9.53 Å². The average molecular weight is 230 g/mol. The Labute approximate surface area is 101 Å². The molecule has 0 saturated heterocycles. The quantitative estimate of drug-likeness (QED) is 0.788. The van der Waals surface area contributed by atoms with E-state index in [1.54, 1.807) is 37.3 Å². The first-order valence-corrected chi connectivity index (χ1v) is 5.21. The fourth-order valence-electron chi connectivity index (χ4n) is 1.20. The highest BCUT2D eigenvalue weighted by molar-refractivity contribution is 5.94. The second kappa shape index (κ2) is 6.46. The van der Waals surface area contributed by atoms with Gasteiger partial charge in [0.1, 0.15) is 6.10 Å². The zero-order valence-corrected chi connectivity index (χ0v) is 9.64. The van der Waals surface area contributed by atoms with Gasteiger partial charge in [-0.15, -0.1) is 6.58 Å². The molecule has 0 saturated carbocycles. The van der Waals surface area contributed by atoms with E-state index in [-0.39, 0.29) is 5.91 Å². The van der Waals surface area contributed by atoms with Gasteiger partial charge in [0.25, 0.3) is 5.91 Å². The predicted octanol–water partition coefficient (Wildman–Crippen LogP) is 2.09. The first-order valence-electron chi connectivity index (χ1n) is 5.21. The number of amides is 1. The van der Waals surface area contributed by atoms with Gasteiger partial charge in [-0.2, -0.15) is 5.26 Å². The number of nitriles is 1. The molecule has 1 atom stereocenters. The second-order valence-corrected chi connectivity index (χ2v) is 3.45. The van der Waals surface area contributed by atoms with Crippen LogP contribution in [0.15, 0.2) is 36.9 Å². The molecule has 1 aromatic rings. The summed E-state index contributed by atoms with van der Waals surface area (Å²) in [5, 5.41) is 11.4. The molecule has 4 nitrogen and oxygen atoms in total. The number of hydrogen-bond acceptors (Lipinski definition) is 3. The highest BCUT2D eigenvalue weighted by Crippen LogP contribution is 2.10. The van der Waals surface area contributed by atoms with Gasteiger partial charge in [-0.25, -0.2) is 0 Å². The van der Waals surface area contributed by atoms with Crippen LogP contribution in [0.2, 0.25) is 0 Å². The molecular formula is C13H14N2O2. The van der Waals surface area contributed by atoms with E-state index in [0.717, 1.165) is 0 Å². The Bertz CT molecular complexity index is 449. The van der Waals surface area contributed by atoms with Crippen LogP contribution >= 0.6 is 0 Å². The Morgan fingerprint density at radius 3 is 3.12 bits per heavy atom. The Morgan fingerprint density at radius 2 is 2.47 bits per heavy atom. The van der Waals surface area contributed by atoms with Crippen LogP contribution in [0, 0.1) is 11.3 Å². The molecule has 4 heteroatoms. The number of hydrogen-bond donors (Lipinski definition) is 1. The van der Waals surface area contributed by atoms with Gasteiger partial charge in [-0.05, 0) is 25.1 Å². The number of carbonyl (C=O) groups excluding carboxylic acids is 1. The summed E-state index contributed by atoms with van der Waals surface area (Å²) in [6.45, 7) is 5.49. The SMILES string of the molecule is C=CCOC(C)C(=O)Nc1cccc(C#N)c1. The minimum Gasteiger partial charge on any atom is -0.365 e. The summed E-state index contributed by atoms with van der Waals surface area (Å²) in [5.41, 5.74) is 1.09. The predicted molar refractivity (Wildman–Crippen MR) is 65.4 cm³/mol. The van der Waals surface area contributed by atoms with Crippen molar-refractivity contribution in [1.82, 2.24) is 0 Å². The molecule has 0 aliphatic heterocycles. The Kier molecular flexibility index (Phi) is 4.92. The van der Waals surface area contributed by atoms with Crippen molar-refractivity contribution in [3.05, 3.63) is 42.5 Å². The third-order valence-electron chi connectivity index (χ3n) is 2.09. The summed E-state index contributed by atoms with van der Waals surface area (Å²) in [4.78, 5) is 11.7. The third kappa shape index (κ3) is 4.09. The number of nitrogens with one attached hydrogen (secondary N) is 1. The van der Waals surface area contributed by atoms with Crippen LogP contribution in [-0.2, 0) is 9.53 Å². The molecule has 88 valence electrons. The second-order valence-electron chi connectivity index (χ2n) is 3.45. The van der Waals surface area contributed by atoms with E-state index in [2.05, 4.69) is 11.9 Å². The first-order chi connectivity index (χ1) is 8.17. The molecule has 1 N–H and O–H groups in total. The van der Waals surface area contributed by atoms with Gasteiger partial charge in [-0.1, -0.05) is 12.1 Å². The maximum atomic E-state index is 11.7. The fourth-order valence-corrected chi connectivity index (χ4v) is 1.20. The largest absolute Gasteiger partial charge is 0.365 e. The van der Waals surface area contributed by atoms with E-state index >= 15 is 0 Å². The third-order valence-corrected chi connectivity index (χ3v) is 2.09. The maximum absolute atomic E-state index is 11.7. The molecule has 0 aromatic heterocycles. The number of ether oxygens (including phenoxy) is 1. The molecule has 17 heavy (non-hydrogen) atoms. The molecule has 1 rings (SSSR count). The van der Waals surface area contributed by atoms with Gasteiger partial charge < -0.3 is 10.1 Å². The van der Waals surface area contributed by atoms with Gasteiger partial charge in [0, 0.05) is 5.69 Å². The maximum Gasteiger partial charge on any atom is 0.253 e. The van der Waals surface area contributed by atoms with E-state index < -0.39 is 6.10 Å². The average Bonchev–Trinajstić information content (AvgIpc) is 2.36. The molecule has 0 aliphatic carbocycles. The molecule has 1 unspecified atom stereocenters. The minimum absolute atomic E-state index is 0.248. The zero-order chi connectivity index (χ0) is 12.7. The zero-order valence-electron chi connectivity index (χ0n) is 9.64. The van der Waals surface area contributed by atoms with E-state index in [1.165, 1.54) is 0 Å². The summed E-state index contributed by atoms with van der Waals surface area (Å²) in [5.74, 6) is -0.248. The number of carbonyl (C=O) groups is 1. The highest BCUT2D eigenvalue weighted by Gasteiger charge is 2.12. The lowest BCUT2D eigenvalue weighted by Crippen LogP contribution is -2.27. The summed E-state index contributed by atoms with van der Waals surface area (Å²) < 4.78 is 5.19. The van der Waals surface area contributed by atoms with Gasteiger partial charge in [0.2, 0.25) is 0 Å². The van der Waals surface area contributed by atoms with E-state index in [0.29, 0.717) is 17.9 Å². The van der Waals surface area contributed by atoms with Gasteiger partial charge in [-0.3, -0.25) is 4.79 Å². The van der Waals surface area contributed by atoms with E-state index in [1.807, 2.05) is 6.07 Å². The van der Waals surface area contributed by atoms with E-state index in [9.17, 15) is 4.79 Å². The van der Waals surface area contributed by atoms with Crippen LogP contribution < -0.4 is 5.32 Å². The smallest absolute Gasteiger partial charge is 0.253 e. The van der Waals surface area contributed by atoms with Crippen molar-refractivity contribution in [2.75, 3.05) is 11.9 Å². The van der Waals surface area contributed by atoms with Crippen molar-refractivity contribution in [3.63, 3.8) is 0 Å². The summed E-state index contributed by atoms with van der Waals surface area (Å²) in [6, 6.07) is 8.72. The molecular weight excluding hydrogens is 216 g/mol. The van der Waals surface area contributed by atoms with E-state index in [4.69, 9.17) is 10.00 Å². The molecule has 1 amide bonds. The van der Waals surface area contributed by atoms with Crippen LogP contribution in [0.1, 0.15) is 12.5 Å². The Morgan fingerprint density at radius 1 is 1.71 bits per heavy atom. The number of nitrogens with zero attached hydrogens (tertiary/aromatic N) is 1. The lowest BCUT2D eigenvalue weighted by molar-refractivity contribution is -0.125. The highest BCUT2D eigenvalue weighted by atomic mass is 16.5. The molecule has 0 bridgehead atoms. The number of benzene rings is 1. The molecule has 0 spiro atoms. The fraction of sp³-hybridized carbons (Fsp3) is 0.231. The van der Waals surface area contributed by atoms with Gasteiger partial charge in [0.05, 0.1) is 18.2 Å². The van der Waals surface area contributed by atoms with Crippen molar-refractivity contribution in [3.8, 4) is 6.07 Å². The molecule has 1 aromatic carbocycles. The van der Waals surface area contributed by atoms with Crippen LogP contribution in [0.4, 0.5) is 5.69 Å². The van der Waals surface area contributed by atoms with Gasteiger partial charge in [0.15, 0.2) is 0 Å². The summed E-state index contributed by atoms with van der Waals surface area (Å²) in [6.07, 6.45) is 1.03. The van der Waals surface area contributed by atoms with Crippen LogP contribution in [0.5, 0.6) is 0 Å². The molecule has 0 fully saturated rings. The standard InChI is InChI=1S/C13H14N2O2/c1-3-7-17-10(2)13(16)15-12-6-4-5-11(8-12)9-14/h3-6,8,10H,1,7H2,2H3,(H,15,16). The normalized spacial score (nSPS) is 11.3. The molecule has 0 aliphatic rings. The minimum atomic E-state index is -0.557. The van der Waals surface area contributed by atoms with Crippen molar-refractivity contribution in [1.29, 1.82) is 5.26 Å².